The Balaban J connectivity index is 1.80. The van der Waals surface area contributed by atoms with Crippen LogP contribution < -0.4 is 10.3 Å². The molecule has 1 aliphatic heterocycles. The van der Waals surface area contributed by atoms with Gasteiger partial charge in [-0.05, 0) is 65.5 Å². The van der Waals surface area contributed by atoms with E-state index >= 15 is 0 Å². The minimum atomic E-state index is -0.468. The molecule has 0 unspecified atom stereocenters. The maximum absolute atomic E-state index is 6.21. The second-order valence-electron chi connectivity index (χ2n) is 7.35. The Kier molecular flexibility index (Phi) is 4.21. The standard InChI is InChI=1S/C17H26BNO3/c1-16(2)17(3,4)22-18(21-16)15-14(11-8-12-19-15)20-13-9-6-5-7-10-13/h8,11-13H,5-7,9-10H2,1-4H3. The highest BCUT2D eigenvalue weighted by Crippen LogP contribution is 2.37. The Morgan fingerprint density at radius 3 is 2.36 bits per heavy atom. The van der Waals surface area contributed by atoms with Crippen molar-refractivity contribution >= 4 is 12.7 Å². The highest BCUT2D eigenvalue weighted by molar-refractivity contribution is 6.62. The number of pyridine rings is 1. The summed E-state index contributed by atoms with van der Waals surface area (Å²) in [5.74, 6) is 0.799. The second-order valence-corrected chi connectivity index (χ2v) is 7.35. The number of ether oxygens (including phenoxy) is 1. The van der Waals surface area contributed by atoms with Crippen LogP contribution >= 0.6 is 0 Å². The van der Waals surface area contributed by atoms with Crippen molar-refractivity contribution < 1.29 is 14.0 Å². The largest absolute Gasteiger partial charge is 0.518 e. The van der Waals surface area contributed by atoms with Gasteiger partial charge in [0.1, 0.15) is 11.3 Å². The number of nitrogens with zero attached hydrogens (tertiary/aromatic N) is 1. The lowest BCUT2D eigenvalue weighted by molar-refractivity contribution is 0.00578. The van der Waals surface area contributed by atoms with Gasteiger partial charge in [-0.2, -0.15) is 0 Å². The molecule has 0 aromatic carbocycles. The molecule has 1 saturated carbocycles. The lowest BCUT2D eigenvalue weighted by atomic mass is 9.83. The molecule has 0 bridgehead atoms. The van der Waals surface area contributed by atoms with E-state index in [0.717, 1.165) is 24.2 Å². The smallest absolute Gasteiger partial charge is 0.489 e. The molecule has 2 aliphatic rings. The van der Waals surface area contributed by atoms with Gasteiger partial charge in [0.05, 0.1) is 17.3 Å². The molecule has 0 N–H and O–H groups in total. The minimum Gasteiger partial charge on any atom is -0.489 e. The van der Waals surface area contributed by atoms with E-state index in [2.05, 4.69) is 32.7 Å². The second kappa shape index (κ2) is 5.86. The third-order valence-corrected chi connectivity index (χ3v) is 5.12. The average Bonchev–Trinajstić information content (AvgIpc) is 2.69. The molecule has 2 heterocycles. The Bertz CT molecular complexity index is 510. The fraction of sp³-hybridized carbons (Fsp3) is 0.706. The molecule has 0 atom stereocenters. The molecule has 0 amide bonds. The Labute approximate surface area is 133 Å². The summed E-state index contributed by atoms with van der Waals surface area (Å²) in [5, 5.41) is 0. The van der Waals surface area contributed by atoms with Gasteiger partial charge in [0.25, 0.3) is 0 Å². The molecule has 1 aromatic rings. The van der Waals surface area contributed by atoms with Gasteiger partial charge in [0.15, 0.2) is 0 Å². The lowest BCUT2D eigenvalue weighted by Crippen LogP contribution is -2.41. The molecule has 2 fully saturated rings. The van der Waals surface area contributed by atoms with Gasteiger partial charge < -0.3 is 14.0 Å². The summed E-state index contributed by atoms with van der Waals surface area (Å²) in [6.45, 7) is 8.21. The van der Waals surface area contributed by atoms with Gasteiger partial charge in [-0.25, -0.2) is 0 Å². The summed E-state index contributed by atoms with van der Waals surface area (Å²) in [5.41, 5.74) is 0.0286. The van der Waals surface area contributed by atoms with E-state index in [1.807, 2.05) is 12.1 Å². The molecule has 3 rings (SSSR count). The highest BCUT2D eigenvalue weighted by Gasteiger charge is 2.53. The van der Waals surface area contributed by atoms with E-state index in [1.165, 1.54) is 19.3 Å². The van der Waals surface area contributed by atoms with Crippen molar-refractivity contribution in [3.8, 4) is 5.75 Å². The van der Waals surface area contributed by atoms with E-state index in [1.54, 1.807) is 6.20 Å². The first-order chi connectivity index (χ1) is 10.4. The molecular formula is C17H26BNO3. The van der Waals surface area contributed by atoms with E-state index in [0.29, 0.717) is 6.10 Å². The summed E-state index contributed by atoms with van der Waals surface area (Å²) in [7, 11) is -0.468. The van der Waals surface area contributed by atoms with Crippen molar-refractivity contribution in [3.63, 3.8) is 0 Å². The maximum atomic E-state index is 6.21. The van der Waals surface area contributed by atoms with Crippen LogP contribution in [-0.2, 0) is 9.31 Å². The zero-order chi connectivity index (χ0) is 15.8. The van der Waals surface area contributed by atoms with Crippen LogP contribution in [0.25, 0.3) is 0 Å². The van der Waals surface area contributed by atoms with Crippen LogP contribution in [0.2, 0.25) is 0 Å². The Morgan fingerprint density at radius 1 is 1.09 bits per heavy atom. The van der Waals surface area contributed by atoms with Crippen LogP contribution in [-0.4, -0.2) is 29.4 Å². The number of aromatic nitrogens is 1. The van der Waals surface area contributed by atoms with E-state index in [9.17, 15) is 0 Å². The molecule has 120 valence electrons. The molecule has 22 heavy (non-hydrogen) atoms. The third-order valence-electron chi connectivity index (χ3n) is 5.12. The highest BCUT2D eigenvalue weighted by atomic mass is 16.7. The van der Waals surface area contributed by atoms with Crippen LogP contribution in [0, 0.1) is 0 Å². The SMILES string of the molecule is CC1(C)OB(c2ncccc2OC2CCCCC2)OC1(C)C. The first kappa shape index (κ1) is 15.8. The molecular weight excluding hydrogens is 277 g/mol. The van der Waals surface area contributed by atoms with Gasteiger partial charge in [-0.15, -0.1) is 0 Å². The van der Waals surface area contributed by atoms with E-state index in [4.69, 9.17) is 14.0 Å². The first-order valence-electron chi connectivity index (χ1n) is 8.36. The molecule has 0 radical (unpaired) electrons. The predicted octanol–water partition coefficient (Wildman–Crippen LogP) is 3.09. The zero-order valence-corrected chi connectivity index (χ0v) is 14.1. The normalized spacial score (nSPS) is 24.5. The van der Waals surface area contributed by atoms with Gasteiger partial charge >= 0.3 is 7.12 Å². The molecule has 1 aromatic heterocycles. The Morgan fingerprint density at radius 2 is 1.73 bits per heavy atom. The number of rotatable bonds is 3. The van der Waals surface area contributed by atoms with Crippen molar-refractivity contribution in [3.05, 3.63) is 18.3 Å². The fourth-order valence-corrected chi connectivity index (χ4v) is 3.00. The zero-order valence-electron chi connectivity index (χ0n) is 14.1. The molecule has 5 heteroatoms. The molecule has 4 nitrogen and oxygen atoms in total. The van der Waals surface area contributed by atoms with Gasteiger partial charge in [0.2, 0.25) is 0 Å². The molecule has 0 spiro atoms. The number of hydrogen-bond donors (Lipinski definition) is 0. The third kappa shape index (κ3) is 3.02. The van der Waals surface area contributed by atoms with Crippen LogP contribution in [0.15, 0.2) is 18.3 Å². The fourth-order valence-electron chi connectivity index (χ4n) is 3.00. The van der Waals surface area contributed by atoms with Gasteiger partial charge in [0, 0.05) is 6.20 Å². The average molecular weight is 303 g/mol. The van der Waals surface area contributed by atoms with Crippen LogP contribution in [0.3, 0.4) is 0 Å². The van der Waals surface area contributed by atoms with Crippen molar-refractivity contribution in [2.45, 2.75) is 77.1 Å². The monoisotopic (exact) mass is 303 g/mol. The van der Waals surface area contributed by atoms with E-state index < -0.39 is 7.12 Å². The summed E-state index contributed by atoms with van der Waals surface area (Å²) in [6, 6.07) is 3.88. The van der Waals surface area contributed by atoms with Crippen LogP contribution in [0.1, 0.15) is 59.8 Å². The summed E-state index contributed by atoms with van der Waals surface area (Å²) < 4.78 is 18.4. The number of hydrogen-bond acceptors (Lipinski definition) is 4. The van der Waals surface area contributed by atoms with E-state index in [-0.39, 0.29) is 11.2 Å². The Hall–Kier alpha value is -1.07. The first-order valence-corrected chi connectivity index (χ1v) is 8.36. The molecule has 1 saturated heterocycles. The molecule has 1 aliphatic carbocycles. The summed E-state index contributed by atoms with van der Waals surface area (Å²) in [6.07, 6.45) is 8.12. The summed E-state index contributed by atoms with van der Waals surface area (Å²) in [4.78, 5) is 4.48. The minimum absolute atomic E-state index is 0.291. The summed E-state index contributed by atoms with van der Waals surface area (Å²) >= 11 is 0. The van der Waals surface area contributed by atoms with Crippen LogP contribution in [0.4, 0.5) is 0 Å². The van der Waals surface area contributed by atoms with Gasteiger partial charge in [-0.1, -0.05) is 6.42 Å². The van der Waals surface area contributed by atoms with Crippen molar-refractivity contribution in [1.29, 1.82) is 0 Å². The van der Waals surface area contributed by atoms with Crippen LogP contribution in [0.5, 0.6) is 5.75 Å². The predicted molar refractivity (Wildman–Crippen MR) is 87.5 cm³/mol. The topological polar surface area (TPSA) is 40.6 Å². The van der Waals surface area contributed by atoms with Gasteiger partial charge in [-0.3, -0.25) is 4.98 Å². The quantitative estimate of drug-likeness (QED) is 0.805. The maximum Gasteiger partial charge on any atom is 0.518 e. The van der Waals surface area contributed by atoms with Crippen molar-refractivity contribution in [2.24, 2.45) is 0 Å². The van der Waals surface area contributed by atoms with Crippen molar-refractivity contribution in [2.75, 3.05) is 0 Å². The lowest BCUT2D eigenvalue weighted by Gasteiger charge is -2.32. The van der Waals surface area contributed by atoms with Crippen molar-refractivity contribution in [1.82, 2.24) is 4.98 Å².